The Labute approximate surface area is 79.0 Å². The van der Waals surface area contributed by atoms with Gasteiger partial charge in [0.25, 0.3) is 0 Å². The Bertz CT molecular complexity index is 272. The molecule has 0 aliphatic carbocycles. The predicted molar refractivity (Wildman–Crippen MR) is 54.5 cm³/mol. The van der Waals surface area contributed by atoms with Crippen LogP contribution in [0.5, 0.6) is 0 Å². The fraction of sp³-hybridized carbons (Fsp3) is 0.333. The van der Waals surface area contributed by atoms with E-state index in [0.717, 1.165) is 13.0 Å². The summed E-state index contributed by atoms with van der Waals surface area (Å²) in [7, 11) is 0. The van der Waals surface area contributed by atoms with E-state index < -0.39 is 0 Å². The molecule has 1 heterocycles. The third-order valence-corrected chi connectivity index (χ3v) is 2.17. The lowest BCUT2D eigenvalue weighted by Gasteiger charge is -1.91. The van der Waals surface area contributed by atoms with E-state index >= 15 is 0 Å². The fourth-order valence-corrected chi connectivity index (χ4v) is 1.30. The van der Waals surface area contributed by atoms with Gasteiger partial charge < -0.3 is 4.74 Å². The Morgan fingerprint density at radius 3 is 2.77 bits per heavy atom. The molecule has 13 heavy (non-hydrogen) atoms. The number of epoxide rings is 1. The van der Waals surface area contributed by atoms with E-state index in [1.165, 1.54) is 12.0 Å². The zero-order valence-corrected chi connectivity index (χ0v) is 7.65. The number of hydrogen-bond acceptors (Lipinski definition) is 1. The summed E-state index contributed by atoms with van der Waals surface area (Å²) in [6.45, 7) is 0.971. The van der Waals surface area contributed by atoms with Gasteiger partial charge in [-0.3, -0.25) is 0 Å². The van der Waals surface area contributed by atoms with E-state index in [-0.39, 0.29) is 0 Å². The van der Waals surface area contributed by atoms with Gasteiger partial charge in [0.2, 0.25) is 0 Å². The number of benzene rings is 1. The Morgan fingerprint density at radius 1 is 1.31 bits per heavy atom. The van der Waals surface area contributed by atoms with E-state index in [9.17, 15) is 0 Å². The average Bonchev–Trinajstić information content (AvgIpc) is 2.98. The Morgan fingerprint density at radius 2 is 2.08 bits per heavy atom. The highest BCUT2D eigenvalue weighted by atomic mass is 16.6. The van der Waals surface area contributed by atoms with Gasteiger partial charge in [0, 0.05) is 0 Å². The summed E-state index contributed by atoms with van der Waals surface area (Å²) in [6.07, 6.45) is 7.24. The van der Waals surface area contributed by atoms with Crippen LogP contribution in [0.4, 0.5) is 0 Å². The van der Waals surface area contributed by atoms with Crippen LogP contribution < -0.4 is 0 Å². The fourth-order valence-electron chi connectivity index (χ4n) is 1.30. The van der Waals surface area contributed by atoms with Crippen LogP contribution in [0.2, 0.25) is 0 Å². The number of rotatable bonds is 4. The zero-order chi connectivity index (χ0) is 8.93. The van der Waals surface area contributed by atoms with Crippen LogP contribution in [0.3, 0.4) is 0 Å². The van der Waals surface area contributed by atoms with Gasteiger partial charge in [-0.05, 0) is 18.4 Å². The average molecular weight is 174 g/mol. The SMILES string of the molecule is C(=C/c1ccccc1)/CCC1CO1. The summed E-state index contributed by atoms with van der Waals surface area (Å²) in [5.74, 6) is 0. The molecule has 1 aromatic carbocycles. The Kier molecular flexibility index (Phi) is 2.78. The molecule has 1 aromatic rings. The zero-order valence-electron chi connectivity index (χ0n) is 7.65. The highest BCUT2D eigenvalue weighted by Gasteiger charge is 2.20. The van der Waals surface area contributed by atoms with Crippen LogP contribution in [0.25, 0.3) is 6.08 Å². The van der Waals surface area contributed by atoms with Crippen LogP contribution >= 0.6 is 0 Å². The molecule has 1 aliphatic rings. The van der Waals surface area contributed by atoms with Crippen molar-refractivity contribution < 1.29 is 4.74 Å². The summed E-state index contributed by atoms with van der Waals surface area (Å²) in [4.78, 5) is 0. The highest BCUT2D eigenvalue weighted by molar-refractivity contribution is 5.48. The van der Waals surface area contributed by atoms with Gasteiger partial charge in [0.1, 0.15) is 0 Å². The van der Waals surface area contributed by atoms with Gasteiger partial charge in [0.05, 0.1) is 12.7 Å². The molecule has 0 bridgehead atoms. The van der Waals surface area contributed by atoms with E-state index in [2.05, 4.69) is 36.4 Å². The standard InChI is InChI=1S/C12H14O/c1-2-6-11(7-3-1)8-4-5-9-12-10-13-12/h1-4,6-8,12H,5,9-10H2/b8-4-. The minimum absolute atomic E-state index is 0.556. The molecular formula is C12H14O. The molecule has 1 fully saturated rings. The molecule has 0 amide bonds. The second-order valence-corrected chi connectivity index (χ2v) is 3.35. The topological polar surface area (TPSA) is 12.5 Å². The number of allylic oxidation sites excluding steroid dienone is 1. The molecule has 1 unspecified atom stereocenters. The van der Waals surface area contributed by atoms with Crippen molar-refractivity contribution in [2.45, 2.75) is 18.9 Å². The van der Waals surface area contributed by atoms with Gasteiger partial charge in [-0.15, -0.1) is 0 Å². The lowest BCUT2D eigenvalue weighted by molar-refractivity contribution is 0.398. The molecule has 0 radical (unpaired) electrons. The van der Waals surface area contributed by atoms with E-state index in [4.69, 9.17) is 4.74 Å². The quantitative estimate of drug-likeness (QED) is 0.639. The summed E-state index contributed by atoms with van der Waals surface area (Å²) in [5.41, 5.74) is 1.28. The maximum atomic E-state index is 5.13. The third kappa shape index (κ3) is 3.03. The van der Waals surface area contributed by atoms with E-state index in [1.807, 2.05) is 6.07 Å². The van der Waals surface area contributed by atoms with Gasteiger partial charge in [0.15, 0.2) is 0 Å². The second kappa shape index (κ2) is 4.24. The molecule has 0 saturated carbocycles. The summed E-state index contributed by atoms with van der Waals surface area (Å²) in [6, 6.07) is 10.4. The van der Waals surface area contributed by atoms with Crippen molar-refractivity contribution in [2.24, 2.45) is 0 Å². The lowest BCUT2D eigenvalue weighted by Crippen LogP contribution is -1.81. The predicted octanol–water partition coefficient (Wildman–Crippen LogP) is 2.88. The van der Waals surface area contributed by atoms with Crippen LogP contribution in [0, 0.1) is 0 Å². The monoisotopic (exact) mass is 174 g/mol. The first-order chi connectivity index (χ1) is 6.45. The normalized spacial score (nSPS) is 20.8. The minimum Gasteiger partial charge on any atom is -0.373 e. The molecule has 1 heteroatoms. The van der Waals surface area contributed by atoms with Crippen molar-refractivity contribution in [3.63, 3.8) is 0 Å². The van der Waals surface area contributed by atoms with Gasteiger partial charge in [-0.2, -0.15) is 0 Å². The maximum Gasteiger partial charge on any atom is 0.0812 e. The molecule has 68 valence electrons. The smallest absolute Gasteiger partial charge is 0.0812 e. The second-order valence-electron chi connectivity index (χ2n) is 3.35. The van der Waals surface area contributed by atoms with Crippen molar-refractivity contribution in [1.29, 1.82) is 0 Å². The van der Waals surface area contributed by atoms with Gasteiger partial charge in [-0.25, -0.2) is 0 Å². The van der Waals surface area contributed by atoms with Crippen molar-refractivity contribution in [3.05, 3.63) is 42.0 Å². The molecule has 1 saturated heterocycles. The molecule has 0 N–H and O–H groups in total. The highest BCUT2D eigenvalue weighted by Crippen LogP contribution is 2.15. The summed E-state index contributed by atoms with van der Waals surface area (Å²) >= 11 is 0. The summed E-state index contributed by atoms with van der Waals surface area (Å²) in [5, 5.41) is 0. The van der Waals surface area contributed by atoms with Crippen LogP contribution in [0.15, 0.2) is 36.4 Å². The Balaban J connectivity index is 1.76. The molecule has 0 aromatic heterocycles. The van der Waals surface area contributed by atoms with Gasteiger partial charge in [-0.1, -0.05) is 42.5 Å². The van der Waals surface area contributed by atoms with Crippen molar-refractivity contribution in [2.75, 3.05) is 6.61 Å². The van der Waals surface area contributed by atoms with Crippen molar-refractivity contribution >= 4 is 6.08 Å². The molecular weight excluding hydrogens is 160 g/mol. The minimum atomic E-state index is 0.556. The first-order valence-corrected chi connectivity index (χ1v) is 4.78. The van der Waals surface area contributed by atoms with Crippen molar-refractivity contribution in [3.8, 4) is 0 Å². The first kappa shape index (κ1) is 8.52. The lowest BCUT2D eigenvalue weighted by atomic mass is 10.2. The largest absolute Gasteiger partial charge is 0.373 e. The van der Waals surface area contributed by atoms with Crippen LogP contribution in [-0.2, 0) is 4.74 Å². The molecule has 0 spiro atoms. The third-order valence-electron chi connectivity index (χ3n) is 2.17. The molecule has 2 rings (SSSR count). The molecule has 1 aliphatic heterocycles. The van der Waals surface area contributed by atoms with Crippen LogP contribution in [-0.4, -0.2) is 12.7 Å². The van der Waals surface area contributed by atoms with Crippen molar-refractivity contribution in [1.82, 2.24) is 0 Å². The Hall–Kier alpha value is -1.08. The number of hydrogen-bond donors (Lipinski definition) is 0. The molecule has 1 nitrogen and oxygen atoms in total. The number of ether oxygens (including phenoxy) is 1. The van der Waals surface area contributed by atoms with E-state index in [1.54, 1.807) is 0 Å². The van der Waals surface area contributed by atoms with E-state index in [0.29, 0.717) is 6.10 Å². The first-order valence-electron chi connectivity index (χ1n) is 4.78. The van der Waals surface area contributed by atoms with Crippen LogP contribution in [0.1, 0.15) is 18.4 Å². The summed E-state index contributed by atoms with van der Waals surface area (Å²) < 4.78 is 5.13. The van der Waals surface area contributed by atoms with Gasteiger partial charge >= 0.3 is 0 Å². The molecule has 1 atom stereocenters. The maximum absolute atomic E-state index is 5.13.